The Morgan fingerprint density at radius 1 is 0.676 bits per heavy atom. The predicted octanol–water partition coefficient (Wildman–Crippen LogP) is 7.07. The minimum absolute atomic E-state index is 0.0109. The fraction of sp³-hybridized carbons (Fsp3) is 0.786. The van der Waals surface area contributed by atoms with Gasteiger partial charge in [-0.2, -0.15) is 0 Å². The molecule has 0 saturated carbocycles. The largest absolute Gasteiger partial charge is 0.479 e. The molecule has 4 unspecified atom stereocenters. The van der Waals surface area contributed by atoms with Crippen LogP contribution in [0.1, 0.15) is 118 Å². The summed E-state index contributed by atoms with van der Waals surface area (Å²) >= 11 is 0. The quantitative estimate of drug-likeness (QED) is 0.143. The number of aliphatic carboxylic acids is 2. The van der Waals surface area contributed by atoms with E-state index in [0.29, 0.717) is 0 Å². The lowest BCUT2D eigenvalue weighted by atomic mass is 10.1. The summed E-state index contributed by atoms with van der Waals surface area (Å²) in [7, 11) is 0. The number of carbonyl (C=O) groups is 2. The summed E-state index contributed by atoms with van der Waals surface area (Å²) in [6.07, 6.45) is 20.4. The van der Waals surface area contributed by atoms with E-state index in [-0.39, 0.29) is 12.2 Å². The van der Waals surface area contributed by atoms with Gasteiger partial charge in [0.2, 0.25) is 0 Å². The Morgan fingerprint density at radius 2 is 1.00 bits per heavy atom. The highest BCUT2D eigenvalue weighted by molar-refractivity contribution is 5.72. The molecule has 0 aromatic heterocycles. The molecule has 6 nitrogen and oxygen atoms in total. The number of unbranched alkanes of at least 4 members (excludes halogenated alkanes) is 10. The lowest BCUT2D eigenvalue weighted by molar-refractivity contribution is -0.150. The molecule has 2 aliphatic carbocycles. The van der Waals surface area contributed by atoms with Crippen LogP contribution in [-0.2, 0) is 19.1 Å². The van der Waals surface area contributed by atoms with E-state index in [1.165, 1.54) is 88.2 Å². The van der Waals surface area contributed by atoms with Gasteiger partial charge in [0.25, 0.3) is 0 Å². The zero-order chi connectivity index (χ0) is 25.3. The summed E-state index contributed by atoms with van der Waals surface area (Å²) in [5, 5.41) is 17.4. The molecule has 0 bridgehead atoms. The highest BCUT2D eigenvalue weighted by atomic mass is 16.5. The SMILES string of the molecule is CCCCCCCCC1=CC1OC(C)C(=O)O.CCCCCCCCC1=CC1OC(C)C(=O)O. The van der Waals surface area contributed by atoms with Gasteiger partial charge in [-0.05, 0) is 62.8 Å². The third kappa shape index (κ3) is 14.6. The van der Waals surface area contributed by atoms with Gasteiger partial charge in [-0.3, -0.25) is 0 Å². The average Bonchev–Trinajstić information content (AvgIpc) is 3.71. The van der Waals surface area contributed by atoms with Gasteiger partial charge in [-0.15, -0.1) is 0 Å². The molecule has 0 aromatic carbocycles. The molecule has 0 amide bonds. The third-order valence-corrected chi connectivity index (χ3v) is 6.28. The topological polar surface area (TPSA) is 93.1 Å². The molecule has 2 rings (SSSR count). The van der Waals surface area contributed by atoms with Crippen LogP contribution < -0.4 is 0 Å². The van der Waals surface area contributed by atoms with E-state index in [1.807, 2.05) is 12.2 Å². The fourth-order valence-electron chi connectivity index (χ4n) is 3.77. The van der Waals surface area contributed by atoms with Crippen molar-refractivity contribution in [2.24, 2.45) is 0 Å². The van der Waals surface area contributed by atoms with E-state index in [2.05, 4.69) is 13.8 Å². The van der Waals surface area contributed by atoms with E-state index < -0.39 is 24.1 Å². The zero-order valence-corrected chi connectivity index (χ0v) is 21.9. The maximum Gasteiger partial charge on any atom is 0.332 e. The molecule has 0 saturated heterocycles. The first-order valence-electron chi connectivity index (χ1n) is 13.5. The van der Waals surface area contributed by atoms with Crippen LogP contribution in [0.15, 0.2) is 23.3 Å². The first kappa shape index (κ1) is 30.4. The lowest BCUT2D eigenvalue weighted by Gasteiger charge is -2.08. The first-order chi connectivity index (χ1) is 16.3. The molecule has 0 radical (unpaired) electrons. The Balaban J connectivity index is 0.000000340. The number of hydrogen-bond acceptors (Lipinski definition) is 4. The lowest BCUT2D eigenvalue weighted by Crippen LogP contribution is -2.21. The third-order valence-electron chi connectivity index (χ3n) is 6.28. The van der Waals surface area contributed by atoms with Crippen LogP contribution in [0, 0.1) is 0 Å². The molecular formula is C28H48O6. The summed E-state index contributed by atoms with van der Waals surface area (Å²) in [5.74, 6) is -1.77. The van der Waals surface area contributed by atoms with Crippen molar-refractivity contribution < 1.29 is 29.3 Å². The van der Waals surface area contributed by atoms with Crippen LogP contribution in [0.25, 0.3) is 0 Å². The summed E-state index contributed by atoms with van der Waals surface area (Å²) in [4.78, 5) is 21.2. The van der Waals surface area contributed by atoms with E-state index >= 15 is 0 Å². The molecule has 0 heterocycles. The van der Waals surface area contributed by atoms with E-state index in [0.717, 1.165) is 12.8 Å². The molecule has 6 heteroatoms. The Bertz CT molecular complexity index is 597. The van der Waals surface area contributed by atoms with Crippen molar-refractivity contribution in [1.82, 2.24) is 0 Å². The van der Waals surface area contributed by atoms with E-state index in [4.69, 9.17) is 19.7 Å². The summed E-state index contributed by atoms with van der Waals surface area (Å²) in [6.45, 7) is 7.61. The van der Waals surface area contributed by atoms with Crippen molar-refractivity contribution in [1.29, 1.82) is 0 Å². The highest BCUT2D eigenvalue weighted by Crippen LogP contribution is 2.31. The smallest absolute Gasteiger partial charge is 0.332 e. The minimum atomic E-state index is -0.885. The number of carboxylic acids is 2. The standard InChI is InChI=1S/2C14H24O3/c2*1-3-4-5-6-7-8-9-12-10-13(12)17-11(2)14(15)16/h2*10-11,13H,3-9H2,1-2H3,(H,15,16). The summed E-state index contributed by atoms with van der Waals surface area (Å²) < 4.78 is 10.7. The molecular weight excluding hydrogens is 432 g/mol. The van der Waals surface area contributed by atoms with E-state index in [1.54, 1.807) is 13.8 Å². The molecule has 34 heavy (non-hydrogen) atoms. The van der Waals surface area contributed by atoms with Crippen molar-refractivity contribution in [2.75, 3.05) is 0 Å². The molecule has 4 atom stereocenters. The number of hydrogen-bond donors (Lipinski definition) is 2. The van der Waals surface area contributed by atoms with Gasteiger partial charge in [0.15, 0.2) is 12.2 Å². The zero-order valence-electron chi connectivity index (χ0n) is 21.9. The molecule has 0 aromatic rings. The molecule has 2 N–H and O–H groups in total. The van der Waals surface area contributed by atoms with Crippen molar-refractivity contribution in [3.8, 4) is 0 Å². The van der Waals surface area contributed by atoms with Crippen molar-refractivity contribution in [3.63, 3.8) is 0 Å². The van der Waals surface area contributed by atoms with Gasteiger partial charge in [-0.1, -0.05) is 78.1 Å². The van der Waals surface area contributed by atoms with Crippen LogP contribution in [0.2, 0.25) is 0 Å². The minimum Gasteiger partial charge on any atom is -0.479 e. The Labute approximate surface area is 206 Å². The Hall–Kier alpha value is -1.66. The normalized spacial score (nSPS) is 19.9. The maximum absolute atomic E-state index is 10.6. The van der Waals surface area contributed by atoms with Gasteiger partial charge >= 0.3 is 11.9 Å². The van der Waals surface area contributed by atoms with Crippen molar-refractivity contribution in [2.45, 2.75) is 142 Å². The van der Waals surface area contributed by atoms with Gasteiger partial charge in [0.05, 0.1) is 12.2 Å². The van der Waals surface area contributed by atoms with Crippen LogP contribution in [-0.4, -0.2) is 46.6 Å². The average molecular weight is 481 g/mol. The molecule has 2 aliphatic rings. The Morgan fingerprint density at radius 3 is 1.32 bits per heavy atom. The molecule has 196 valence electrons. The number of ether oxygens (including phenoxy) is 2. The maximum atomic E-state index is 10.6. The summed E-state index contributed by atoms with van der Waals surface area (Å²) in [5.41, 5.74) is 2.57. The van der Waals surface area contributed by atoms with Crippen molar-refractivity contribution >= 4 is 11.9 Å². The Kier molecular flexibility index (Phi) is 15.8. The highest BCUT2D eigenvalue weighted by Gasteiger charge is 2.29. The van der Waals surface area contributed by atoms with Crippen LogP contribution in [0.3, 0.4) is 0 Å². The summed E-state index contributed by atoms with van der Waals surface area (Å²) in [6, 6.07) is 0. The second kappa shape index (κ2) is 17.7. The van der Waals surface area contributed by atoms with Crippen LogP contribution >= 0.6 is 0 Å². The van der Waals surface area contributed by atoms with Crippen LogP contribution in [0.4, 0.5) is 0 Å². The van der Waals surface area contributed by atoms with Gasteiger partial charge in [0.1, 0.15) is 0 Å². The van der Waals surface area contributed by atoms with Crippen LogP contribution in [0.5, 0.6) is 0 Å². The van der Waals surface area contributed by atoms with Gasteiger partial charge < -0.3 is 19.7 Å². The number of carboxylic acid groups (broad SMARTS) is 2. The predicted molar refractivity (Wildman–Crippen MR) is 136 cm³/mol. The second-order valence-electron chi connectivity index (χ2n) is 9.59. The molecule has 0 aliphatic heterocycles. The molecule has 0 spiro atoms. The molecule has 0 fully saturated rings. The van der Waals surface area contributed by atoms with Crippen molar-refractivity contribution in [3.05, 3.63) is 23.3 Å². The number of rotatable bonds is 20. The monoisotopic (exact) mass is 480 g/mol. The van der Waals surface area contributed by atoms with E-state index in [9.17, 15) is 9.59 Å². The first-order valence-corrected chi connectivity index (χ1v) is 13.5. The van der Waals surface area contributed by atoms with Gasteiger partial charge in [-0.25, -0.2) is 9.59 Å². The second-order valence-corrected chi connectivity index (χ2v) is 9.59. The fourth-order valence-corrected chi connectivity index (χ4v) is 3.77. The van der Waals surface area contributed by atoms with Gasteiger partial charge in [0, 0.05) is 0 Å².